The minimum atomic E-state index is -4.66. The summed E-state index contributed by atoms with van der Waals surface area (Å²) in [6.07, 6.45) is -0.554. The van der Waals surface area contributed by atoms with Crippen molar-refractivity contribution in [2.75, 3.05) is 6.61 Å². The van der Waals surface area contributed by atoms with Crippen LogP contribution in [0.3, 0.4) is 0 Å². The molecule has 0 aliphatic heterocycles. The second-order valence-corrected chi connectivity index (χ2v) is 4.98. The Labute approximate surface area is 127 Å². The zero-order valence-corrected chi connectivity index (χ0v) is 12.0. The van der Waals surface area contributed by atoms with Gasteiger partial charge in [0.15, 0.2) is 0 Å². The van der Waals surface area contributed by atoms with E-state index in [1.165, 1.54) is 13.0 Å². The standard InChI is InChI=1S/C12H9F3N2O4S/c1-2-21-11(18)5-7-4-10(22-12(13,14)15)8(6-16)3-9(7)17(19)20/h3-4H,2,5H2,1H3. The average Bonchev–Trinajstić information content (AvgIpc) is 2.36. The lowest BCUT2D eigenvalue weighted by Gasteiger charge is -2.10. The van der Waals surface area contributed by atoms with E-state index in [1.807, 2.05) is 0 Å². The predicted molar refractivity (Wildman–Crippen MR) is 70.1 cm³/mol. The van der Waals surface area contributed by atoms with Crippen LogP contribution in [0.15, 0.2) is 17.0 Å². The summed E-state index contributed by atoms with van der Waals surface area (Å²) in [5.41, 5.74) is -5.99. The van der Waals surface area contributed by atoms with E-state index in [9.17, 15) is 28.1 Å². The van der Waals surface area contributed by atoms with E-state index in [0.29, 0.717) is 0 Å². The number of hydrogen-bond donors (Lipinski definition) is 0. The molecule has 0 fully saturated rings. The van der Waals surface area contributed by atoms with E-state index < -0.39 is 50.7 Å². The Morgan fingerprint density at radius 2 is 2.14 bits per heavy atom. The summed E-state index contributed by atoms with van der Waals surface area (Å²) in [5, 5.41) is 19.8. The molecule has 0 atom stereocenters. The van der Waals surface area contributed by atoms with Crippen LogP contribution >= 0.6 is 11.8 Å². The van der Waals surface area contributed by atoms with Crippen LogP contribution in [-0.4, -0.2) is 23.0 Å². The zero-order valence-electron chi connectivity index (χ0n) is 11.1. The van der Waals surface area contributed by atoms with Crippen molar-refractivity contribution in [3.05, 3.63) is 33.4 Å². The Morgan fingerprint density at radius 1 is 1.50 bits per heavy atom. The molecule has 1 aromatic carbocycles. The van der Waals surface area contributed by atoms with Gasteiger partial charge in [-0.2, -0.15) is 18.4 Å². The fourth-order valence-corrected chi connectivity index (χ4v) is 2.25. The second kappa shape index (κ2) is 7.13. The molecule has 0 saturated heterocycles. The Kier molecular flexibility index (Phi) is 5.76. The van der Waals surface area contributed by atoms with Gasteiger partial charge in [-0.15, -0.1) is 0 Å². The van der Waals surface area contributed by atoms with E-state index >= 15 is 0 Å². The van der Waals surface area contributed by atoms with Gasteiger partial charge in [-0.3, -0.25) is 14.9 Å². The van der Waals surface area contributed by atoms with Gasteiger partial charge in [-0.25, -0.2) is 0 Å². The molecule has 1 aromatic rings. The van der Waals surface area contributed by atoms with Gasteiger partial charge >= 0.3 is 11.5 Å². The molecule has 0 aliphatic rings. The molecule has 0 amide bonds. The van der Waals surface area contributed by atoms with Gasteiger partial charge < -0.3 is 4.74 Å². The summed E-state index contributed by atoms with van der Waals surface area (Å²) in [6.45, 7) is 1.56. The molecular formula is C12H9F3N2O4S. The van der Waals surface area contributed by atoms with Crippen LogP contribution in [0.4, 0.5) is 18.9 Å². The van der Waals surface area contributed by atoms with E-state index in [4.69, 9.17) is 5.26 Å². The number of esters is 1. The highest BCUT2D eigenvalue weighted by molar-refractivity contribution is 8.00. The summed E-state index contributed by atoms with van der Waals surface area (Å²) >= 11 is -0.570. The molecule has 0 unspecified atom stereocenters. The van der Waals surface area contributed by atoms with Gasteiger partial charge in [-0.05, 0) is 24.8 Å². The van der Waals surface area contributed by atoms with E-state index in [1.54, 1.807) is 0 Å². The maximum absolute atomic E-state index is 12.5. The van der Waals surface area contributed by atoms with Crippen molar-refractivity contribution in [1.82, 2.24) is 0 Å². The zero-order chi connectivity index (χ0) is 16.9. The minimum Gasteiger partial charge on any atom is -0.466 e. The summed E-state index contributed by atoms with van der Waals surface area (Å²) in [4.78, 5) is 21.0. The van der Waals surface area contributed by atoms with E-state index in [0.717, 1.165) is 12.1 Å². The van der Waals surface area contributed by atoms with Gasteiger partial charge in [0.25, 0.3) is 5.69 Å². The SMILES string of the molecule is CCOC(=O)Cc1cc(SC(F)(F)F)c(C#N)cc1[N+](=O)[O-]. The van der Waals surface area contributed by atoms with Crippen LogP contribution in [0.5, 0.6) is 0 Å². The molecule has 0 heterocycles. The predicted octanol–water partition coefficient (Wildman–Crippen LogP) is 3.18. The number of carbonyl (C=O) groups excluding carboxylic acids is 1. The first kappa shape index (κ1) is 17.8. The maximum Gasteiger partial charge on any atom is 0.446 e. The van der Waals surface area contributed by atoms with Gasteiger partial charge in [0.05, 0.1) is 23.5 Å². The largest absolute Gasteiger partial charge is 0.466 e. The molecule has 0 N–H and O–H groups in total. The summed E-state index contributed by atoms with van der Waals surface area (Å²) in [5.74, 6) is -0.807. The third-order valence-electron chi connectivity index (χ3n) is 2.36. The van der Waals surface area contributed by atoms with Crippen molar-refractivity contribution in [2.45, 2.75) is 23.7 Å². The Balaban J connectivity index is 3.33. The summed E-state index contributed by atoms with van der Waals surface area (Å²) in [6, 6.07) is 3.03. The molecule has 0 bridgehead atoms. The Morgan fingerprint density at radius 3 is 2.59 bits per heavy atom. The number of carbonyl (C=O) groups is 1. The van der Waals surface area contributed by atoms with Gasteiger partial charge in [0.2, 0.25) is 0 Å². The summed E-state index contributed by atoms with van der Waals surface area (Å²) < 4.78 is 42.0. The van der Waals surface area contributed by atoms with Gasteiger partial charge in [0, 0.05) is 16.5 Å². The lowest BCUT2D eigenvalue weighted by atomic mass is 10.1. The number of nitriles is 1. The van der Waals surface area contributed by atoms with Crippen molar-refractivity contribution in [2.24, 2.45) is 0 Å². The molecule has 10 heteroatoms. The van der Waals surface area contributed by atoms with Gasteiger partial charge in [-0.1, -0.05) is 0 Å². The van der Waals surface area contributed by atoms with E-state index in [2.05, 4.69) is 4.74 Å². The number of ether oxygens (including phenoxy) is 1. The molecule has 0 spiro atoms. The van der Waals surface area contributed by atoms with Crippen molar-refractivity contribution in [1.29, 1.82) is 5.26 Å². The Bertz CT molecular complexity index is 640. The van der Waals surface area contributed by atoms with Gasteiger partial charge in [0.1, 0.15) is 6.07 Å². The lowest BCUT2D eigenvalue weighted by molar-refractivity contribution is -0.385. The number of nitro benzene ring substituents is 1. The fraction of sp³-hybridized carbons (Fsp3) is 0.333. The molecule has 118 valence electrons. The topological polar surface area (TPSA) is 93.2 Å². The first-order chi connectivity index (χ1) is 10.2. The quantitative estimate of drug-likeness (QED) is 0.355. The number of alkyl halides is 3. The van der Waals surface area contributed by atoms with Crippen molar-refractivity contribution < 1.29 is 27.6 Å². The number of nitro groups is 1. The molecule has 22 heavy (non-hydrogen) atoms. The monoisotopic (exact) mass is 334 g/mol. The summed E-state index contributed by atoms with van der Waals surface area (Å²) in [7, 11) is 0. The first-order valence-corrected chi connectivity index (χ1v) is 6.62. The molecule has 0 radical (unpaired) electrons. The minimum absolute atomic E-state index is 0.0348. The van der Waals surface area contributed by atoms with Crippen molar-refractivity contribution in [3.63, 3.8) is 0 Å². The third-order valence-corrected chi connectivity index (χ3v) is 3.15. The van der Waals surface area contributed by atoms with Crippen LogP contribution in [0.25, 0.3) is 0 Å². The van der Waals surface area contributed by atoms with Crippen molar-refractivity contribution in [3.8, 4) is 6.07 Å². The number of nitrogens with zero attached hydrogens (tertiary/aromatic N) is 2. The highest BCUT2D eigenvalue weighted by atomic mass is 32.2. The smallest absolute Gasteiger partial charge is 0.446 e. The average molecular weight is 334 g/mol. The molecule has 6 nitrogen and oxygen atoms in total. The normalized spacial score (nSPS) is 10.9. The van der Waals surface area contributed by atoms with Crippen molar-refractivity contribution >= 4 is 23.4 Å². The van der Waals surface area contributed by atoms with E-state index in [-0.39, 0.29) is 12.2 Å². The third kappa shape index (κ3) is 4.92. The van der Waals surface area contributed by atoms with Crippen LogP contribution in [-0.2, 0) is 16.0 Å². The van der Waals surface area contributed by atoms with Crippen LogP contribution < -0.4 is 0 Å². The fourth-order valence-electron chi connectivity index (χ4n) is 1.59. The number of hydrogen-bond acceptors (Lipinski definition) is 6. The number of benzene rings is 1. The Hall–Kier alpha value is -2.28. The number of thioether (sulfide) groups is 1. The van der Waals surface area contributed by atoms with Crippen LogP contribution in [0, 0.1) is 21.4 Å². The molecule has 0 aromatic heterocycles. The highest BCUT2D eigenvalue weighted by Gasteiger charge is 2.32. The van der Waals surface area contributed by atoms with Crippen LogP contribution in [0.1, 0.15) is 18.1 Å². The molecule has 0 saturated carbocycles. The first-order valence-electron chi connectivity index (χ1n) is 5.80. The molecule has 0 aliphatic carbocycles. The molecule has 1 rings (SSSR count). The molecular weight excluding hydrogens is 325 g/mol. The highest BCUT2D eigenvalue weighted by Crippen LogP contribution is 2.40. The van der Waals surface area contributed by atoms with Crippen LogP contribution in [0.2, 0.25) is 0 Å². The number of rotatable bonds is 5. The second-order valence-electron chi connectivity index (χ2n) is 3.88. The maximum atomic E-state index is 12.5. The lowest BCUT2D eigenvalue weighted by Crippen LogP contribution is -2.10. The number of halogens is 3.